The standard InChI is InChI=1S/C19H24N4O/c1-4-23-16-9-6-5-8-15(16)20-18(23)12-22-11-7-10-17(22)19-13(2)21-24-14(19)3/h5-6,8-9,17H,4,7,10-12H2,1-3H3. The highest BCUT2D eigenvalue weighted by atomic mass is 16.5. The van der Waals surface area contributed by atoms with Crippen molar-refractivity contribution in [2.45, 2.75) is 52.7 Å². The second-order valence-electron chi connectivity index (χ2n) is 6.63. The number of benzene rings is 1. The van der Waals surface area contributed by atoms with Gasteiger partial charge in [-0.15, -0.1) is 0 Å². The molecule has 0 bridgehead atoms. The van der Waals surface area contributed by atoms with E-state index in [0.717, 1.165) is 48.9 Å². The summed E-state index contributed by atoms with van der Waals surface area (Å²) >= 11 is 0. The average molecular weight is 324 g/mol. The summed E-state index contributed by atoms with van der Waals surface area (Å²) in [6, 6.07) is 8.79. The van der Waals surface area contributed by atoms with Gasteiger partial charge in [0, 0.05) is 18.2 Å². The number of aryl methyl sites for hydroxylation is 3. The summed E-state index contributed by atoms with van der Waals surface area (Å²) in [6.07, 6.45) is 2.37. The fourth-order valence-corrected chi connectivity index (χ4v) is 4.09. The van der Waals surface area contributed by atoms with Crippen molar-refractivity contribution < 1.29 is 4.52 Å². The Balaban J connectivity index is 1.67. The van der Waals surface area contributed by atoms with E-state index in [1.807, 2.05) is 13.8 Å². The normalized spacial score (nSPS) is 18.7. The smallest absolute Gasteiger partial charge is 0.138 e. The average Bonchev–Trinajstić information content (AvgIpc) is 3.25. The molecule has 0 N–H and O–H groups in total. The van der Waals surface area contributed by atoms with Crippen molar-refractivity contribution in [3.63, 3.8) is 0 Å². The van der Waals surface area contributed by atoms with E-state index >= 15 is 0 Å². The zero-order valence-corrected chi connectivity index (χ0v) is 14.6. The van der Waals surface area contributed by atoms with Crippen molar-refractivity contribution in [1.82, 2.24) is 19.6 Å². The van der Waals surface area contributed by atoms with Crippen LogP contribution in [0.15, 0.2) is 28.8 Å². The van der Waals surface area contributed by atoms with Gasteiger partial charge in [-0.3, -0.25) is 4.90 Å². The third-order valence-electron chi connectivity index (χ3n) is 5.18. The van der Waals surface area contributed by atoms with Crippen LogP contribution in [0.2, 0.25) is 0 Å². The van der Waals surface area contributed by atoms with Gasteiger partial charge in [-0.25, -0.2) is 4.98 Å². The van der Waals surface area contributed by atoms with Gasteiger partial charge < -0.3 is 9.09 Å². The van der Waals surface area contributed by atoms with Crippen LogP contribution in [0.3, 0.4) is 0 Å². The van der Waals surface area contributed by atoms with Gasteiger partial charge in [-0.1, -0.05) is 17.3 Å². The van der Waals surface area contributed by atoms with Crippen LogP contribution in [0, 0.1) is 13.8 Å². The van der Waals surface area contributed by atoms with Crippen molar-refractivity contribution in [3.05, 3.63) is 47.1 Å². The van der Waals surface area contributed by atoms with Gasteiger partial charge in [0.05, 0.1) is 23.3 Å². The second kappa shape index (κ2) is 6.06. The number of imidazole rings is 1. The van der Waals surface area contributed by atoms with Crippen LogP contribution in [-0.4, -0.2) is 26.2 Å². The van der Waals surface area contributed by atoms with Crippen LogP contribution in [0.25, 0.3) is 11.0 Å². The van der Waals surface area contributed by atoms with Crippen LogP contribution in [0.4, 0.5) is 0 Å². The van der Waals surface area contributed by atoms with Gasteiger partial charge in [0.25, 0.3) is 0 Å². The summed E-state index contributed by atoms with van der Waals surface area (Å²) in [5, 5.41) is 4.15. The van der Waals surface area contributed by atoms with Gasteiger partial charge in [-0.05, 0) is 52.3 Å². The molecule has 3 aromatic rings. The van der Waals surface area contributed by atoms with Crippen molar-refractivity contribution in [3.8, 4) is 0 Å². The van der Waals surface area contributed by atoms with Crippen LogP contribution >= 0.6 is 0 Å². The molecule has 24 heavy (non-hydrogen) atoms. The molecule has 1 atom stereocenters. The summed E-state index contributed by atoms with van der Waals surface area (Å²) in [6.45, 7) is 9.17. The Bertz CT molecular complexity index is 844. The number of para-hydroxylation sites is 2. The maximum absolute atomic E-state index is 5.40. The van der Waals surface area contributed by atoms with Gasteiger partial charge >= 0.3 is 0 Å². The third-order valence-corrected chi connectivity index (χ3v) is 5.18. The van der Waals surface area contributed by atoms with Crippen molar-refractivity contribution in [2.75, 3.05) is 6.54 Å². The molecule has 0 aliphatic carbocycles. The van der Waals surface area contributed by atoms with Gasteiger partial charge in [0.15, 0.2) is 0 Å². The van der Waals surface area contributed by atoms with E-state index < -0.39 is 0 Å². The fourth-order valence-electron chi connectivity index (χ4n) is 4.09. The monoisotopic (exact) mass is 324 g/mol. The molecule has 126 valence electrons. The Labute approximate surface area is 142 Å². The first kappa shape index (κ1) is 15.4. The molecule has 0 radical (unpaired) electrons. The summed E-state index contributed by atoms with van der Waals surface area (Å²) in [5.41, 5.74) is 4.60. The number of hydrogen-bond acceptors (Lipinski definition) is 4. The molecule has 4 rings (SSSR count). The molecular weight excluding hydrogens is 300 g/mol. The van der Waals surface area contributed by atoms with Crippen LogP contribution < -0.4 is 0 Å². The van der Waals surface area contributed by atoms with Gasteiger partial charge in [0.2, 0.25) is 0 Å². The van der Waals surface area contributed by atoms with Crippen LogP contribution in [0.1, 0.15) is 48.6 Å². The van der Waals surface area contributed by atoms with E-state index in [2.05, 4.69) is 45.8 Å². The van der Waals surface area contributed by atoms with E-state index in [4.69, 9.17) is 9.51 Å². The first-order valence-electron chi connectivity index (χ1n) is 8.80. The molecule has 1 aromatic carbocycles. The topological polar surface area (TPSA) is 47.1 Å². The first-order chi connectivity index (χ1) is 11.7. The Morgan fingerprint density at radius 2 is 2.08 bits per heavy atom. The molecule has 1 aliphatic rings. The molecule has 5 nitrogen and oxygen atoms in total. The summed E-state index contributed by atoms with van der Waals surface area (Å²) in [5.74, 6) is 2.10. The van der Waals surface area contributed by atoms with Crippen molar-refractivity contribution >= 4 is 11.0 Å². The van der Waals surface area contributed by atoms with Crippen LogP contribution in [0.5, 0.6) is 0 Å². The minimum Gasteiger partial charge on any atom is -0.361 e. The van der Waals surface area contributed by atoms with Crippen LogP contribution in [-0.2, 0) is 13.1 Å². The molecule has 2 aromatic heterocycles. The Hall–Kier alpha value is -2.14. The molecule has 1 saturated heterocycles. The molecule has 0 spiro atoms. The maximum Gasteiger partial charge on any atom is 0.138 e. The van der Waals surface area contributed by atoms with E-state index in [-0.39, 0.29) is 0 Å². The number of hydrogen-bond donors (Lipinski definition) is 0. The molecule has 0 saturated carbocycles. The van der Waals surface area contributed by atoms with E-state index in [9.17, 15) is 0 Å². The third kappa shape index (κ3) is 2.44. The highest BCUT2D eigenvalue weighted by molar-refractivity contribution is 5.75. The number of fused-ring (bicyclic) bond motifs is 1. The predicted octanol–water partition coefficient (Wildman–Crippen LogP) is 4.00. The van der Waals surface area contributed by atoms with E-state index in [0.29, 0.717) is 6.04 Å². The zero-order chi connectivity index (χ0) is 16.7. The summed E-state index contributed by atoms with van der Waals surface area (Å²) in [4.78, 5) is 7.42. The number of likely N-dealkylation sites (tertiary alicyclic amines) is 1. The Morgan fingerprint density at radius 3 is 2.83 bits per heavy atom. The van der Waals surface area contributed by atoms with E-state index in [1.165, 1.54) is 17.5 Å². The highest BCUT2D eigenvalue weighted by Gasteiger charge is 2.31. The van der Waals surface area contributed by atoms with Crippen molar-refractivity contribution in [1.29, 1.82) is 0 Å². The Morgan fingerprint density at radius 1 is 1.25 bits per heavy atom. The Kier molecular flexibility index (Phi) is 3.88. The quantitative estimate of drug-likeness (QED) is 0.728. The summed E-state index contributed by atoms with van der Waals surface area (Å²) in [7, 11) is 0. The lowest BCUT2D eigenvalue weighted by Crippen LogP contribution is -2.25. The van der Waals surface area contributed by atoms with Gasteiger partial charge in [-0.2, -0.15) is 0 Å². The number of aromatic nitrogens is 3. The largest absolute Gasteiger partial charge is 0.361 e. The van der Waals surface area contributed by atoms with E-state index in [1.54, 1.807) is 0 Å². The molecule has 3 heterocycles. The SMILES string of the molecule is CCn1c(CN2CCCC2c2c(C)noc2C)nc2ccccc21. The summed E-state index contributed by atoms with van der Waals surface area (Å²) < 4.78 is 7.73. The minimum atomic E-state index is 0.390. The molecule has 1 aliphatic heterocycles. The lowest BCUT2D eigenvalue weighted by Gasteiger charge is -2.24. The fraction of sp³-hybridized carbons (Fsp3) is 0.474. The molecular formula is C19H24N4O. The first-order valence-corrected chi connectivity index (χ1v) is 8.80. The predicted molar refractivity (Wildman–Crippen MR) is 93.8 cm³/mol. The lowest BCUT2D eigenvalue weighted by atomic mass is 10.0. The molecule has 0 amide bonds. The van der Waals surface area contributed by atoms with Gasteiger partial charge in [0.1, 0.15) is 11.6 Å². The maximum atomic E-state index is 5.40. The lowest BCUT2D eigenvalue weighted by molar-refractivity contribution is 0.237. The number of nitrogens with zero attached hydrogens (tertiary/aromatic N) is 4. The zero-order valence-electron chi connectivity index (χ0n) is 14.6. The molecule has 1 unspecified atom stereocenters. The molecule has 1 fully saturated rings. The molecule has 5 heteroatoms. The number of rotatable bonds is 4. The second-order valence-corrected chi connectivity index (χ2v) is 6.63. The highest BCUT2D eigenvalue weighted by Crippen LogP contribution is 2.36. The minimum absolute atomic E-state index is 0.390. The van der Waals surface area contributed by atoms with Crippen molar-refractivity contribution in [2.24, 2.45) is 0 Å².